The molecule has 0 aliphatic rings. The lowest BCUT2D eigenvalue weighted by Crippen LogP contribution is -2.29. The van der Waals surface area contributed by atoms with E-state index in [0.717, 1.165) is 44.9 Å². The Morgan fingerprint density at radius 1 is 0.475 bits per heavy atom. The predicted octanol–water partition coefficient (Wildman–Crippen LogP) is 15.5. The van der Waals surface area contributed by atoms with Crippen LogP contribution in [0.25, 0.3) is 0 Å². The van der Waals surface area contributed by atoms with E-state index < -0.39 is 26.5 Å². The summed E-state index contributed by atoms with van der Waals surface area (Å²) in [7, 11) is -4.31. The van der Waals surface area contributed by atoms with Gasteiger partial charge in [0.15, 0.2) is 6.10 Å². The summed E-state index contributed by atoms with van der Waals surface area (Å²) in [5.74, 6) is -0.940. The van der Waals surface area contributed by atoms with Crippen molar-refractivity contribution in [2.75, 3.05) is 19.8 Å². The molecule has 2 atom stereocenters. The van der Waals surface area contributed by atoms with Crippen molar-refractivity contribution < 1.29 is 37.6 Å². The highest BCUT2D eigenvalue weighted by Gasteiger charge is 2.25. The molecule has 0 heterocycles. The quantitative estimate of drug-likeness (QED) is 0.0279. The molecule has 0 aromatic heterocycles. The summed E-state index contributed by atoms with van der Waals surface area (Å²) in [6.45, 7) is 5.27. The molecule has 0 bridgehead atoms. The number of hydrogen-bond acceptors (Lipinski definition) is 7. The molecule has 0 fully saturated rings. The first-order chi connectivity index (χ1) is 28.8. The molecule has 1 N–H and O–H groups in total. The van der Waals surface area contributed by atoms with Crippen molar-refractivity contribution >= 4 is 19.8 Å². The monoisotopic (exact) mass is 849 g/mol. The summed E-state index contributed by atoms with van der Waals surface area (Å²) in [5, 5.41) is 0. The summed E-state index contributed by atoms with van der Waals surface area (Å²) < 4.78 is 32.6. The van der Waals surface area contributed by atoms with Gasteiger partial charge in [-0.2, -0.15) is 0 Å². The maximum atomic E-state index is 12.5. The van der Waals surface area contributed by atoms with E-state index in [0.29, 0.717) is 6.42 Å². The van der Waals surface area contributed by atoms with Crippen LogP contribution in [0.15, 0.2) is 60.8 Å². The number of allylic oxidation sites excluding steroid dienone is 9. The average Bonchev–Trinajstić information content (AvgIpc) is 3.22. The van der Waals surface area contributed by atoms with Gasteiger partial charge in [-0.1, -0.05) is 222 Å². The zero-order valence-electron chi connectivity index (χ0n) is 38.1. The molecular weight excluding hydrogens is 760 g/mol. The Labute approximate surface area is 362 Å². The number of carbonyl (C=O) groups excluding carboxylic acids is 2. The minimum absolute atomic E-state index is 0.0136. The van der Waals surface area contributed by atoms with Gasteiger partial charge in [0.2, 0.25) is 0 Å². The van der Waals surface area contributed by atoms with Gasteiger partial charge in [0.25, 0.3) is 0 Å². The van der Waals surface area contributed by atoms with Crippen LogP contribution in [-0.4, -0.2) is 42.8 Å². The molecular formula is C50H89O8P. The van der Waals surface area contributed by atoms with Crippen molar-refractivity contribution in [3.63, 3.8) is 0 Å². The zero-order chi connectivity index (χ0) is 43.2. The minimum atomic E-state index is -4.31. The van der Waals surface area contributed by atoms with Gasteiger partial charge >= 0.3 is 19.8 Å². The molecule has 0 saturated heterocycles. The molecule has 0 aromatic carbocycles. The second kappa shape index (κ2) is 45.3. The van der Waals surface area contributed by atoms with Gasteiger partial charge in [-0.3, -0.25) is 18.6 Å². The number of esters is 2. The van der Waals surface area contributed by atoms with Gasteiger partial charge in [0, 0.05) is 6.42 Å². The van der Waals surface area contributed by atoms with Crippen LogP contribution in [0, 0.1) is 0 Å². The average molecular weight is 849 g/mol. The summed E-state index contributed by atoms with van der Waals surface area (Å²) in [4.78, 5) is 34.7. The predicted molar refractivity (Wildman–Crippen MR) is 248 cm³/mol. The standard InChI is InChI=1S/C50H89O8P/c1-4-7-9-11-13-15-17-19-21-22-23-24-25-26-27-28-29-31-32-34-36-38-40-42-44-49(51)55-46-48(47-57-59(53,54)56-6-3)58-50(52)45-43-41-39-37-35-33-30-20-18-16-14-12-10-8-5-2/h8,10,14,16,20,30,35,37,41,43,48H,4-7,9,11-13,15,17-19,21-29,31-34,36,38-40,42,44-47H2,1-3H3,(H,53,54)/b10-8-,16-14-,30-20-,37-35-,43-41-. The second-order valence-corrected chi connectivity index (χ2v) is 17.2. The Morgan fingerprint density at radius 3 is 1.24 bits per heavy atom. The van der Waals surface area contributed by atoms with Crippen molar-refractivity contribution in [3.8, 4) is 0 Å². The first kappa shape index (κ1) is 56.8. The lowest BCUT2D eigenvalue weighted by molar-refractivity contribution is -0.160. The molecule has 0 aromatic rings. The van der Waals surface area contributed by atoms with Gasteiger partial charge in [-0.25, -0.2) is 4.57 Å². The van der Waals surface area contributed by atoms with E-state index in [2.05, 4.69) is 56.4 Å². The Bertz CT molecular complexity index is 1140. The summed E-state index contributed by atoms with van der Waals surface area (Å²) in [6.07, 6.45) is 56.1. The first-order valence-corrected chi connectivity index (χ1v) is 25.6. The first-order valence-electron chi connectivity index (χ1n) is 24.1. The third-order valence-electron chi connectivity index (χ3n) is 10.1. The molecule has 0 saturated carbocycles. The maximum absolute atomic E-state index is 12.5. The SMILES string of the molecule is CC/C=C\C/C=C\C/C=C\C/C=C\C/C=C\CC(=O)OC(COC(=O)CCCCCCCCCCCCCCCCCCCCCCCCCC)COP(=O)(O)OCC. The normalized spacial score (nSPS) is 13.8. The molecule has 8 nitrogen and oxygen atoms in total. The molecule has 0 amide bonds. The van der Waals surface area contributed by atoms with Crippen LogP contribution in [-0.2, 0) is 32.7 Å². The Morgan fingerprint density at radius 2 is 0.847 bits per heavy atom. The Hall–Kier alpha value is -2.25. The summed E-state index contributed by atoms with van der Waals surface area (Å²) in [6, 6.07) is 0. The number of phosphoric ester groups is 1. The number of unbranched alkanes of at least 4 members (excludes halogenated alkanes) is 23. The van der Waals surface area contributed by atoms with Crippen molar-refractivity contribution in [2.45, 2.75) is 226 Å². The third-order valence-corrected chi connectivity index (χ3v) is 11.2. The van der Waals surface area contributed by atoms with Gasteiger partial charge in [-0.15, -0.1) is 0 Å². The fraction of sp³-hybridized carbons (Fsp3) is 0.760. The fourth-order valence-electron chi connectivity index (χ4n) is 6.65. The van der Waals surface area contributed by atoms with Crippen LogP contribution in [0.3, 0.4) is 0 Å². The van der Waals surface area contributed by atoms with Crippen molar-refractivity contribution in [2.24, 2.45) is 0 Å². The molecule has 0 rings (SSSR count). The molecule has 0 radical (unpaired) electrons. The third kappa shape index (κ3) is 45.1. The molecule has 9 heteroatoms. The number of ether oxygens (including phenoxy) is 2. The van der Waals surface area contributed by atoms with E-state index in [9.17, 15) is 19.0 Å². The number of hydrogen-bond donors (Lipinski definition) is 1. The second-order valence-electron chi connectivity index (χ2n) is 15.8. The van der Waals surface area contributed by atoms with Crippen LogP contribution in [0.1, 0.15) is 220 Å². The zero-order valence-corrected chi connectivity index (χ0v) is 39.0. The van der Waals surface area contributed by atoms with Crippen molar-refractivity contribution in [1.29, 1.82) is 0 Å². The van der Waals surface area contributed by atoms with E-state index in [4.69, 9.17) is 18.5 Å². The summed E-state index contributed by atoms with van der Waals surface area (Å²) >= 11 is 0. The van der Waals surface area contributed by atoms with E-state index in [1.165, 1.54) is 135 Å². The lowest BCUT2D eigenvalue weighted by atomic mass is 10.0. The highest BCUT2D eigenvalue weighted by Crippen LogP contribution is 2.43. The number of carbonyl (C=O) groups is 2. The van der Waals surface area contributed by atoms with E-state index >= 15 is 0 Å². The number of phosphoric acid groups is 1. The highest BCUT2D eigenvalue weighted by atomic mass is 31.2. The summed E-state index contributed by atoms with van der Waals surface area (Å²) in [5.41, 5.74) is 0. The van der Waals surface area contributed by atoms with E-state index in [-0.39, 0.29) is 32.0 Å². The van der Waals surface area contributed by atoms with Gasteiger partial charge in [-0.05, 0) is 45.4 Å². The number of rotatable bonds is 44. The van der Waals surface area contributed by atoms with Gasteiger partial charge < -0.3 is 14.4 Å². The van der Waals surface area contributed by atoms with Crippen LogP contribution >= 0.6 is 7.82 Å². The largest absolute Gasteiger partial charge is 0.472 e. The van der Waals surface area contributed by atoms with Crippen LogP contribution in [0.5, 0.6) is 0 Å². The maximum Gasteiger partial charge on any atom is 0.472 e. The molecule has 59 heavy (non-hydrogen) atoms. The molecule has 2 unspecified atom stereocenters. The van der Waals surface area contributed by atoms with Crippen LogP contribution in [0.2, 0.25) is 0 Å². The Kier molecular flexibility index (Phi) is 43.6. The van der Waals surface area contributed by atoms with Crippen molar-refractivity contribution in [1.82, 2.24) is 0 Å². The highest BCUT2D eigenvalue weighted by molar-refractivity contribution is 7.47. The van der Waals surface area contributed by atoms with Gasteiger partial charge in [0.05, 0.1) is 19.6 Å². The fourth-order valence-corrected chi connectivity index (χ4v) is 7.40. The topological polar surface area (TPSA) is 108 Å². The van der Waals surface area contributed by atoms with Crippen LogP contribution < -0.4 is 0 Å². The lowest BCUT2D eigenvalue weighted by Gasteiger charge is -2.19. The van der Waals surface area contributed by atoms with E-state index in [1.807, 2.05) is 12.2 Å². The molecule has 342 valence electrons. The van der Waals surface area contributed by atoms with Crippen LogP contribution in [0.4, 0.5) is 0 Å². The van der Waals surface area contributed by atoms with Gasteiger partial charge in [0.1, 0.15) is 6.61 Å². The van der Waals surface area contributed by atoms with E-state index in [1.54, 1.807) is 13.0 Å². The molecule has 0 aliphatic carbocycles. The molecule has 0 aliphatic heterocycles. The smallest absolute Gasteiger partial charge is 0.462 e. The van der Waals surface area contributed by atoms with Crippen molar-refractivity contribution in [3.05, 3.63) is 60.8 Å². The Balaban J connectivity index is 4.02. The molecule has 0 spiro atoms. The minimum Gasteiger partial charge on any atom is -0.462 e.